The first kappa shape index (κ1) is 11.6. The van der Waals surface area contributed by atoms with Crippen molar-refractivity contribution in [2.24, 2.45) is 0 Å². The number of nitrogens with zero attached hydrogens (tertiary/aromatic N) is 3. The third-order valence-electron chi connectivity index (χ3n) is 3.01. The number of halogens is 1. The van der Waals surface area contributed by atoms with E-state index in [0.29, 0.717) is 5.88 Å². The minimum Gasteiger partial charge on any atom is -0.355 e. The van der Waals surface area contributed by atoms with Crippen LogP contribution in [0.15, 0.2) is 12.4 Å². The molecular weight excluding hydrogens is 222 g/mol. The number of alkyl halides is 1. The molecule has 0 amide bonds. The van der Waals surface area contributed by atoms with Gasteiger partial charge in [-0.15, -0.1) is 11.6 Å². The maximum Gasteiger partial charge on any atom is 0.147 e. The number of anilines is 1. The molecule has 88 valence electrons. The molecule has 0 aliphatic carbocycles. The first-order chi connectivity index (χ1) is 7.90. The molecule has 0 aromatic carbocycles. The van der Waals surface area contributed by atoms with Gasteiger partial charge in [-0.3, -0.25) is 4.98 Å². The van der Waals surface area contributed by atoms with Gasteiger partial charge >= 0.3 is 0 Å². The topological polar surface area (TPSA) is 29.0 Å². The fourth-order valence-corrected chi connectivity index (χ4v) is 2.19. The molecule has 0 radical (unpaired) electrons. The second-order valence-electron chi connectivity index (χ2n) is 4.25. The van der Waals surface area contributed by atoms with Crippen molar-refractivity contribution in [1.82, 2.24) is 9.97 Å². The molecule has 1 saturated heterocycles. The Morgan fingerprint density at radius 3 is 2.25 bits per heavy atom. The van der Waals surface area contributed by atoms with Gasteiger partial charge in [-0.2, -0.15) is 0 Å². The second-order valence-corrected chi connectivity index (χ2v) is 4.52. The highest BCUT2D eigenvalue weighted by Crippen LogP contribution is 2.16. The first-order valence-electron chi connectivity index (χ1n) is 6.02. The molecule has 0 saturated carbocycles. The number of aromatic nitrogens is 2. The highest BCUT2D eigenvalue weighted by Gasteiger charge is 2.10. The van der Waals surface area contributed by atoms with E-state index in [9.17, 15) is 0 Å². The Kier molecular flexibility index (Phi) is 4.40. The van der Waals surface area contributed by atoms with Crippen LogP contribution in [0.25, 0.3) is 0 Å². The van der Waals surface area contributed by atoms with Crippen LogP contribution in [0.1, 0.15) is 37.8 Å². The molecule has 2 heterocycles. The second kappa shape index (κ2) is 6.04. The number of rotatable bonds is 2. The summed E-state index contributed by atoms with van der Waals surface area (Å²) in [6, 6.07) is 0. The van der Waals surface area contributed by atoms with Crippen molar-refractivity contribution in [1.29, 1.82) is 0 Å². The molecule has 4 heteroatoms. The average molecular weight is 240 g/mol. The highest BCUT2D eigenvalue weighted by molar-refractivity contribution is 6.16. The summed E-state index contributed by atoms with van der Waals surface area (Å²) in [5.74, 6) is 1.43. The van der Waals surface area contributed by atoms with Crippen LogP contribution in [0.4, 0.5) is 5.82 Å². The van der Waals surface area contributed by atoms with Crippen LogP contribution in [0, 0.1) is 0 Å². The molecule has 1 aromatic rings. The summed E-state index contributed by atoms with van der Waals surface area (Å²) in [5.41, 5.74) is 0.845. The molecule has 2 rings (SSSR count). The number of hydrogen-bond acceptors (Lipinski definition) is 3. The van der Waals surface area contributed by atoms with Gasteiger partial charge in [0.15, 0.2) is 0 Å². The molecule has 1 aliphatic heterocycles. The van der Waals surface area contributed by atoms with E-state index in [0.717, 1.165) is 24.6 Å². The Balaban J connectivity index is 2.02. The molecule has 16 heavy (non-hydrogen) atoms. The summed E-state index contributed by atoms with van der Waals surface area (Å²) >= 11 is 5.70. The lowest BCUT2D eigenvalue weighted by atomic mass is 10.1. The molecule has 1 aromatic heterocycles. The average Bonchev–Trinajstić information content (AvgIpc) is 2.29. The Labute approximate surface area is 102 Å². The minimum atomic E-state index is 0.438. The van der Waals surface area contributed by atoms with E-state index < -0.39 is 0 Å². The predicted octanol–water partition coefficient (Wildman–Crippen LogP) is 2.99. The minimum absolute atomic E-state index is 0.438. The van der Waals surface area contributed by atoms with Crippen LogP contribution < -0.4 is 4.90 Å². The van der Waals surface area contributed by atoms with Crippen LogP contribution in [-0.2, 0) is 5.88 Å². The van der Waals surface area contributed by atoms with Crippen LogP contribution in [0.2, 0.25) is 0 Å². The smallest absolute Gasteiger partial charge is 0.147 e. The molecule has 0 bridgehead atoms. The van der Waals surface area contributed by atoms with Gasteiger partial charge in [0.25, 0.3) is 0 Å². The van der Waals surface area contributed by atoms with Gasteiger partial charge in [0, 0.05) is 13.1 Å². The van der Waals surface area contributed by atoms with Crippen molar-refractivity contribution < 1.29 is 0 Å². The summed E-state index contributed by atoms with van der Waals surface area (Å²) < 4.78 is 0. The van der Waals surface area contributed by atoms with E-state index in [-0.39, 0.29) is 0 Å². The van der Waals surface area contributed by atoms with Gasteiger partial charge in [-0.05, 0) is 12.8 Å². The normalized spacial score (nSPS) is 17.9. The van der Waals surface area contributed by atoms with E-state index in [1.807, 2.05) is 6.20 Å². The van der Waals surface area contributed by atoms with Crippen LogP contribution in [-0.4, -0.2) is 23.1 Å². The summed E-state index contributed by atoms with van der Waals surface area (Å²) in [4.78, 5) is 11.1. The lowest BCUT2D eigenvalue weighted by Gasteiger charge is -2.25. The van der Waals surface area contributed by atoms with Gasteiger partial charge in [-0.1, -0.05) is 19.3 Å². The van der Waals surface area contributed by atoms with Crippen molar-refractivity contribution >= 4 is 17.4 Å². The van der Waals surface area contributed by atoms with Gasteiger partial charge in [0.2, 0.25) is 0 Å². The van der Waals surface area contributed by atoms with Crippen LogP contribution >= 0.6 is 11.6 Å². The first-order valence-corrected chi connectivity index (χ1v) is 6.55. The Morgan fingerprint density at radius 2 is 1.69 bits per heavy atom. The van der Waals surface area contributed by atoms with Crippen LogP contribution in [0.5, 0.6) is 0 Å². The van der Waals surface area contributed by atoms with Crippen molar-refractivity contribution in [3.63, 3.8) is 0 Å². The Bertz CT molecular complexity index is 305. The van der Waals surface area contributed by atoms with Crippen LogP contribution in [0.3, 0.4) is 0 Å². The number of hydrogen-bond donors (Lipinski definition) is 0. The zero-order chi connectivity index (χ0) is 11.2. The van der Waals surface area contributed by atoms with Gasteiger partial charge in [0.1, 0.15) is 5.82 Å². The van der Waals surface area contributed by atoms with Gasteiger partial charge in [0.05, 0.1) is 24.0 Å². The van der Waals surface area contributed by atoms with E-state index >= 15 is 0 Å². The molecule has 0 unspecified atom stereocenters. The van der Waals surface area contributed by atoms with Crippen molar-refractivity contribution in [2.75, 3.05) is 18.0 Å². The molecule has 3 nitrogen and oxygen atoms in total. The molecule has 0 spiro atoms. The monoisotopic (exact) mass is 239 g/mol. The van der Waals surface area contributed by atoms with Crippen molar-refractivity contribution in [3.8, 4) is 0 Å². The SMILES string of the molecule is ClCc1cnc(N2CCCCCCC2)cn1. The fraction of sp³-hybridized carbons (Fsp3) is 0.667. The van der Waals surface area contributed by atoms with E-state index in [2.05, 4.69) is 14.9 Å². The summed E-state index contributed by atoms with van der Waals surface area (Å²) in [5, 5.41) is 0. The summed E-state index contributed by atoms with van der Waals surface area (Å²) in [6.07, 6.45) is 10.2. The lowest BCUT2D eigenvalue weighted by molar-refractivity contribution is 0.553. The highest BCUT2D eigenvalue weighted by atomic mass is 35.5. The third-order valence-corrected chi connectivity index (χ3v) is 3.28. The molecule has 1 fully saturated rings. The van der Waals surface area contributed by atoms with E-state index in [4.69, 9.17) is 11.6 Å². The maximum atomic E-state index is 5.70. The zero-order valence-electron chi connectivity index (χ0n) is 9.53. The molecule has 0 atom stereocenters. The predicted molar refractivity (Wildman–Crippen MR) is 66.9 cm³/mol. The van der Waals surface area contributed by atoms with E-state index in [1.54, 1.807) is 6.20 Å². The Morgan fingerprint density at radius 1 is 1.00 bits per heavy atom. The van der Waals surface area contributed by atoms with Gasteiger partial charge in [-0.25, -0.2) is 4.98 Å². The lowest BCUT2D eigenvalue weighted by Crippen LogP contribution is -2.27. The summed E-state index contributed by atoms with van der Waals surface area (Å²) in [6.45, 7) is 2.21. The largest absolute Gasteiger partial charge is 0.355 e. The summed E-state index contributed by atoms with van der Waals surface area (Å²) in [7, 11) is 0. The molecule has 0 N–H and O–H groups in total. The quantitative estimate of drug-likeness (QED) is 0.743. The standard InChI is InChI=1S/C12H18ClN3/c13-8-11-9-15-12(10-14-11)16-6-4-2-1-3-5-7-16/h9-10H,1-8H2. The van der Waals surface area contributed by atoms with Crippen molar-refractivity contribution in [2.45, 2.75) is 38.0 Å². The van der Waals surface area contributed by atoms with Gasteiger partial charge < -0.3 is 4.90 Å². The molecular formula is C12H18ClN3. The zero-order valence-corrected chi connectivity index (χ0v) is 10.3. The third kappa shape index (κ3) is 3.08. The molecule has 1 aliphatic rings. The Hall–Kier alpha value is -0.830. The van der Waals surface area contributed by atoms with E-state index in [1.165, 1.54) is 32.1 Å². The maximum absolute atomic E-state index is 5.70. The fourth-order valence-electron chi connectivity index (χ4n) is 2.06. The van der Waals surface area contributed by atoms with Crippen molar-refractivity contribution in [3.05, 3.63) is 18.1 Å².